The Morgan fingerprint density at radius 3 is 2.53 bits per heavy atom. The molecule has 0 aliphatic carbocycles. The van der Waals surface area contributed by atoms with E-state index in [-0.39, 0.29) is 0 Å². The minimum Gasteiger partial charge on any atom is -0.497 e. The fourth-order valence-corrected chi connectivity index (χ4v) is 1.52. The van der Waals surface area contributed by atoms with Crippen LogP contribution in [0.25, 0.3) is 0 Å². The molecule has 0 aliphatic rings. The quantitative estimate of drug-likeness (QED) is 0.707. The van der Waals surface area contributed by atoms with Crippen LogP contribution in [0.2, 0.25) is 0 Å². The van der Waals surface area contributed by atoms with Gasteiger partial charge in [0.25, 0.3) is 0 Å². The lowest BCUT2D eigenvalue weighted by Crippen LogP contribution is -2.00. The van der Waals surface area contributed by atoms with Gasteiger partial charge in [-0.05, 0) is 30.9 Å². The number of hydrogen-bond donors (Lipinski definition) is 0. The number of benzene rings is 1. The van der Waals surface area contributed by atoms with E-state index in [1.807, 2.05) is 0 Å². The number of nitriles is 1. The predicted molar refractivity (Wildman–Crippen MR) is 67.3 cm³/mol. The molecule has 1 rings (SSSR count). The molecule has 0 atom stereocenters. The van der Waals surface area contributed by atoms with Crippen LogP contribution in [0.5, 0.6) is 11.5 Å². The Balaban J connectivity index is 2.55. The smallest absolute Gasteiger partial charge is 0.124 e. The molecular formula is C14H19NO2. The fourth-order valence-electron chi connectivity index (χ4n) is 1.52. The van der Waals surface area contributed by atoms with Crippen LogP contribution in [0.3, 0.4) is 0 Å². The molecule has 0 unspecified atom stereocenters. The van der Waals surface area contributed by atoms with Crippen molar-refractivity contribution in [2.24, 2.45) is 5.92 Å². The lowest BCUT2D eigenvalue weighted by molar-refractivity contribution is 0.295. The van der Waals surface area contributed by atoms with E-state index in [1.165, 1.54) is 0 Å². The Kier molecular flexibility index (Phi) is 5.35. The molecule has 0 aliphatic heterocycles. The van der Waals surface area contributed by atoms with Gasteiger partial charge in [-0.1, -0.05) is 13.8 Å². The van der Waals surface area contributed by atoms with Crippen molar-refractivity contribution in [2.45, 2.75) is 26.7 Å². The van der Waals surface area contributed by atoms with E-state index in [4.69, 9.17) is 14.7 Å². The summed E-state index contributed by atoms with van der Waals surface area (Å²) in [6, 6.07) is 7.32. The van der Waals surface area contributed by atoms with Crippen molar-refractivity contribution in [3.05, 3.63) is 23.8 Å². The lowest BCUT2D eigenvalue weighted by atomic mass is 10.1. The Hall–Kier alpha value is -1.69. The molecule has 0 saturated carbocycles. The van der Waals surface area contributed by atoms with Crippen molar-refractivity contribution in [2.75, 3.05) is 13.7 Å². The van der Waals surface area contributed by atoms with Crippen molar-refractivity contribution in [3.8, 4) is 17.6 Å². The minimum absolute atomic E-state index is 0.559. The van der Waals surface area contributed by atoms with E-state index < -0.39 is 0 Å². The Bertz CT molecular complexity index is 394. The Labute approximate surface area is 103 Å². The van der Waals surface area contributed by atoms with E-state index in [0.717, 1.165) is 12.8 Å². The molecule has 0 fully saturated rings. The van der Waals surface area contributed by atoms with E-state index in [2.05, 4.69) is 19.9 Å². The molecule has 0 saturated heterocycles. The molecular weight excluding hydrogens is 214 g/mol. The molecule has 0 spiro atoms. The summed E-state index contributed by atoms with van der Waals surface area (Å²) in [5.41, 5.74) is 0.559. The number of methoxy groups -OCH3 is 1. The van der Waals surface area contributed by atoms with Gasteiger partial charge in [0, 0.05) is 6.07 Å². The fraction of sp³-hybridized carbons (Fsp3) is 0.500. The third-order valence-corrected chi connectivity index (χ3v) is 2.44. The standard InChI is InChI=1S/C14H19NO2/c1-11(2)5-4-6-17-14-8-12(10-15)7-13(9-14)16-3/h7-9,11H,4-6H2,1-3H3. The van der Waals surface area contributed by atoms with E-state index >= 15 is 0 Å². The largest absolute Gasteiger partial charge is 0.497 e. The Morgan fingerprint density at radius 1 is 1.24 bits per heavy atom. The van der Waals surface area contributed by atoms with Crippen LogP contribution in [0.4, 0.5) is 0 Å². The van der Waals surface area contributed by atoms with Crippen LogP contribution in [0.1, 0.15) is 32.3 Å². The third kappa shape index (κ3) is 4.78. The van der Waals surface area contributed by atoms with Gasteiger partial charge < -0.3 is 9.47 Å². The van der Waals surface area contributed by atoms with E-state index in [0.29, 0.717) is 29.6 Å². The normalized spacial score (nSPS) is 10.1. The summed E-state index contributed by atoms with van der Waals surface area (Å²) in [5, 5.41) is 8.87. The molecule has 17 heavy (non-hydrogen) atoms. The van der Waals surface area contributed by atoms with Gasteiger partial charge in [0.15, 0.2) is 0 Å². The van der Waals surface area contributed by atoms with Gasteiger partial charge in [-0.15, -0.1) is 0 Å². The maximum absolute atomic E-state index is 8.87. The maximum Gasteiger partial charge on any atom is 0.124 e. The Morgan fingerprint density at radius 2 is 1.94 bits per heavy atom. The number of nitrogens with zero attached hydrogens (tertiary/aromatic N) is 1. The zero-order valence-electron chi connectivity index (χ0n) is 10.7. The second-order valence-electron chi connectivity index (χ2n) is 4.39. The van der Waals surface area contributed by atoms with E-state index in [1.54, 1.807) is 25.3 Å². The number of hydrogen-bond acceptors (Lipinski definition) is 3. The summed E-state index contributed by atoms with van der Waals surface area (Å²) in [6.07, 6.45) is 2.17. The minimum atomic E-state index is 0.559. The predicted octanol–water partition coefficient (Wildman–Crippen LogP) is 3.38. The summed E-state index contributed by atoms with van der Waals surface area (Å²) in [5.74, 6) is 2.05. The SMILES string of the molecule is COc1cc(C#N)cc(OCCCC(C)C)c1. The number of rotatable bonds is 6. The average molecular weight is 233 g/mol. The first-order chi connectivity index (χ1) is 8.15. The maximum atomic E-state index is 8.87. The third-order valence-electron chi connectivity index (χ3n) is 2.44. The van der Waals surface area contributed by atoms with Gasteiger partial charge >= 0.3 is 0 Å². The van der Waals surface area contributed by atoms with E-state index in [9.17, 15) is 0 Å². The first-order valence-electron chi connectivity index (χ1n) is 5.87. The van der Waals surface area contributed by atoms with Crippen LogP contribution in [-0.2, 0) is 0 Å². The first kappa shape index (κ1) is 13.4. The summed E-state index contributed by atoms with van der Waals surface area (Å²) in [6.45, 7) is 5.06. The van der Waals surface area contributed by atoms with Crippen molar-refractivity contribution in [1.29, 1.82) is 5.26 Å². The molecule has 0 amide bonds. The van der Waals surface area contributed by atoms with Crippen LogP contribution in [0, 0.1) is 17.2 Å². The zero-order chi connectivity index (χ0) is 12.7. The first-order valence-corrected chi connectivity index (χ1v) is 5.87. The van der Waals surface area contributed by atoms with Gasteiger partial charge in [-0.2, -0.15) is 5.26 Å². The molecule has 3 nitrogen and oxygen atoms in total. The average Bonchev–Trinajstić information content (AvgIpc) is 2.34. The second kappa shape index (κ2) is 6.80. The molecule has 0 aromatic heterocycles. The highest BCUT2D eigenvalue weighted by Gasteiger charge is 2.02. The van der Waals surface area contributed by atoms with Gasteiger partial charge in [-0.25, -0.2) is 0 Å². The topological polar surface area (TPSA) is 42.2 Å². The highest BCUT2D eigenvalue weighted by molar-refractivity contribution is 5.43. The summed E-state index contributed by atoms with van der Waals surface area (Å²) < 4.78 is 10.7. The molecule has 0 radical (unpaired) electrons. The lowest BCUT2D eigenvalue weighted by Gasteiger charge is -2.09. The zero-order valence-corrected chi connectivity index (χ0v) is 10.7. The molecule has 92 valence electrons. The van der Waals surface area contributed by atoms with Crippen molar-refractivity contribution >= 4 is 0 Å². The van der Waals surface area contributed by atoms with Crippen LogP contribution in [0.15, 0.2) is 18.2 Å². The summed E-state index contributed by atoms with van der Waals surface area (Å²) in [7, 11) is 1.58. The van der Waals surface area contributed by atoms with Crippen molar-refractivity contribution in [3.63, 3.8) is 0 Å². The van der Waals surface area contributed by atoms with Gasteiger partial charge in [0.1, 0.15) is 11.5 Å². The van der Waals surface area contributed by atoms with Crippen LogP contribution < -0.4 is 9.47 Å². The summed E-state index contributed by atoms with van der Waals surface area (Å²) in [4.78, 5) is 0. The van der Waals surface area contributed by atoms with Crippen LogP contribution in [-0.4, -0.2) is 13.7 Å². The molecule has 1 aromatic carbocycles. The van der Waals surface area contributed by atoms with Crippen molar-refractivity contribution < 1.29 is 9.47 Å². The van der Waals surface area contributed by atoms with Gasteiger partial charge in [-0.3, -0.25) is 0 Å². The number of ether oxygens (including phenoxy) is 2. The van der Waals surface area contributed by atoms with Crippen molar-refractivity contribution in [1.82, 2.24) is 0 Å². The summed E-state index contributed by atoms with van der Waals surface area (Å²) >= 11 is 0. The molecule has 0 N–H and O–H groups in total. The molecule has 3 heteroatoms. The second-order valence-corrected chi connectivity index (χ2v) is 4.39. The van der Waals surface area contributed by atoms with Gasteiger partial charge in [0.2, 0.25) is 0 Å². The monoisotopic (exact) mass is 233 g/mol. The molecule has 0 heterocycles. The highest BCUT2D eigenvalue weighted by Crippen LogP contribution is 2.22. The molecule has 1 aromatic rings. The van der Waals surface area contributed by atoms with Crippen LogP contribution >= 0.6 is 0 Å². The van der Waals surface area contributed by atoms with Gasteiger partial charge in [0.05, 0.1) is 25.3 Å². The highest BCUT2D eigenvalue weighted by atomic mass is 16.5. The molecule has 0 bridgehead atoms.